The highest BCUT2D eigenvalue weighted by Crippen LogP contribution is 2.30. The lowest BCUT2D eigenvalue weighted by molar-refractivity contribution is -0.119. The molecule has 0 radical (unpaired) electrons. The number of fused-ring (bicyclic) bond motifs is 2. The second kappa shape index (κ2) is 12.2. The molecule has 1 N–H and O–H groups in total. The summed E-state index contributed by atoms with van der Waals surface area (Å²) < 4.78 is 11.2. The summed E-state index contributed by atoms with van der Waals surface area (Å²) in [4.78, 5) is 17.0. The van der Waals surface area contributed by atoms with Crippen LogP contribution in [0.3, 0.4) is 0 Å². The SMILES string of the molecule is CC(=O)[C@H](CCCCCCCc1ccc2c(n1)CCCC2)NCc1ccc2c(c1)OCCO2. The summed E-state index contributed by atoms with van der Waals surface area (Å²) in [6.45, 7) is 3.54. The molecule has 33 heavy (non-hydrogen) atoms. The van der Waals surface area contributed by atoms with Gasteiger partial charge in [0.05, 0.1) is 6.04 Å². The first-order valence-electron chi connectivity index (χ1n) is 12.8. The van der Waals surface area contributed by atoms with Gasteiger partial charge >= 0.3 is 0 Å². The summed E-state index contributed by atoms with van der Waals surface area (Å²) >= 11 is 0. The van der Waals surface area contributed by atoms with E-state index in [4.69, 9.17) is 14.5 Å². The van der Waals surface area contributed by atoms with Gasteiger partial charge in [0.1, 0.15) is 19.0 Å². The fourth-order valence-electron chi connectivity index (χ4n) is 4.84. The van der Waals surface area contributed by atoms with Gasteiger partial charge in [0.25, 0.3) is 0 Å². The van der Waals surface area contributed by atoms with Gasteiger partial charge in [0, 0.05) is 17.9 Å². The zero-order chi connectivity index (χ0) is 22.9. The summed E-state index contributed by atoms with van der Waals surface area (Å²) in [6.07, 6.45) is 12.8. The summed E-state index contributed by atoms with van der Waals surface area (Å²) in [5.41, 5.74) is 5.18. The second-order valence-electron chi connectivity index (χ2n) is 9.44. The third-order valence-corrected chi connectivity index (χ3v) is 6.81. The number of pyridine rings is 1. The Morgan fingerprint density at radius 3 is 2.64 bits per heavy atom. The number of Topliss-reactive ketones (excluding diaryl/α,β-unsaturated/α-hetero) is 1. The zero-order valence-electron chi connectivity index (χ0n) is 20.0. The van der Waals surface area contributed by atoms with Crippen molar-refractivity contribution >= 4 is 5.78 Å². The number of aryl methyl sites for hydroxylation is 3. The Labute approximate surface area is 198 Å². The van der Waals surface area contributed by atoms with Gasteiger partial charge in [-0.15, -0.1) is 0 Å². The third-order valence-electron chi connectivity index (χ3n) is 6.81. The van der Waals surface area contributed by atoms with Gasteiger partial charge < -0.3 is 14.8 Å². The van der Waals surface area contributed by atoms with Crippen molar-refractivity contribution in [3.63, 3.8) is 0 Å². The molecule has 1 aromatic heterocycles. The van der Waals surface area contributed by atoms with Gasteiger partial charge in [-0.2, -0.15) is 0 Å². The Bertz CT molecular complexity index is 927. The van der Waals surface area contributed by atoms with E-state index in [2.05, 4.69) is 17.4 Å². The molecule has 0 saturated carbocycles. The van der Waals surface area contributed by atoms with E-state index in [-0.39, 0.29) is 11.8 Å². The molecular formula is C28H38N2O3. The number of rotatable bonds is 12. The van der Waals surface area contributed by atoms with E-state index in [1.54, 1.807) is 6.92 Å². The summed E-state index contributed by atoms with van der Waals surface area (Å²) in [7, 11) is 0. The molecule has 4 rings (SSSR count). The predicted octanol–water partition coefficient (Wildman–Crippen LogP) is 5.36. The van der Waals surface area contributed by atoms with Crippen molar-refractivity contribution in [2.75, 3.05) is 13.2 Å². The Morgan fingerprint density at radius 2 is 1.76 bits per heavy atom. The fourth-order valence-corrected chi connectivity index (χ4v) is 4.84. The largest absolute Gasteiger partial charge is 0.486 e. The number of ether oxygens (including phenoxy) is 2. The number of nitrogens with one attached hydrogen (secondary N) is 1. The molecule has 2 heterocycles. The van der Waals surface area contributed by atoms with Gasteiger partial charge in [-0.05, 0) is 81.2 Å². The molecule has 5 heteroatoms. The summed E-state index contributed by atoms with van der Waals surface area (Å²) in [6, 6.07) is 10.4. The number of hydrogen-bond acceptors (Lipinski definition) is 5. The van der Waals surface area contributed by atoms with Gasteiger partial charge in [0.15, 0.2) is 11.5 Å². The Morgan fingerprint density at radius 1 is 0.970 bits per heavy atom. The monoisotopic (exact) mass is 450 g/mol. The van der Waals surface area contributed by atoms with Crippen molar-refractivity contribution in [2.24, 2.45) is 0 Å². The molecule has 0 bridgehead atoms. The molecule has 2 aliphatic rings. The minimum atomic E-state index is -0.0853. The molecule has 0 saturated heterocycles. The minimum Gasteiger partial charge on any atom is -0.486 e. The number of carbonyl (C=O) groups excluding carboxylic acids is 1. The zero-order valence-corrected chi connectivity index (χ0v) is 20.0. The van der Waals surface area contributed by atoms with E-state index in [9.17, 15) is 4.79 Å². The molecule has 1 aliphatic heterocycles. The molecule has 178 valence electrons. The van der Waals surface area contributed by atoms with Crippen molar-refractivity contribution in [1.29, 1.82) is 0 Å². The molecule has 1 atom stereocenters. The van der Waals surface area contributed by atoms with E-state index in [1.807, 2.05) is 18.2 Å². The minimum absolute atomic E-state index is 0.0853. The van der Waals surface area contributed by atoms with Crippen molar-refractivity contribution in [2.45, 2.75) is 90.1 Å². The molecule has 1 aromatic carbocycles. The molecule has 0 unspecified atom stereocenters. The molecule has 0 amide bonds. The maximum atomic E-state index is 12.1. The molecule has 5 nitrogen and oxygen atoms in total. The van der Waals surface area contributed by atoms with Crippen LogP contribution in [0.5, 0.6) is 11.5 Å². The average molecular weight is 451 g/mol. The van der Waals surface area contributed by atoms with Crippen LogP contribution < -0.4 is 14.8 Å². The normalized spacial score (nSPS) is 15.7. The van der Waals surface area contributed by atoms with Crippen molar-refractivity contribution in [1.82, 2.24) is 10.3 Å². The van der Waals surface area contributed by atoms with Crippen molar-refractivity contribution in [3.8, 4) is 11.5 Å². The van der Waals surface area contributed by atoms with E-state index in [1.165, 1.54) is 61.9 Å². The van der Waals surface area contributed by atoms with Gasteiger partial charge in [-0.25, -0.2) is 0 Å². The van der Waals surface area contributed by atoms with Crippen LogP contribution in [-0.4, -0.2) is 30.0 Å². The van der Waals surface area contributed by atoms with E-state index >= 15 is 0 Å². The number of aromatic nitrogens is 1. The maximum absolute atomic E-state index is 12.1. The number of hydrogen-bond donors (Lipinski definition) is 1. The van der Waals surface area contributed by atoms with E-state index < -0.39 is 0 Å². The topological polar surface area (TPSA) is 60.5 Å². The maximum Gasteiger partial charge on any atom is 0.161 e. The summed E-state index contributed by atoms with van der Waals surface area (Å²) in [5.74, 6) is 1.81. The molecule has 0 fully saturated rings. The van der Waals surface area contributed by atoms with Gasteiger partial charge in [0.2, 0.25) is 0 Å². The number of unbranched alkanes of at least 4 members (excludes halogenated alkanes) is 4. The van der Waals surface area contributed by atoms with Crippen LogP contribution in [-0.2, 0) is 30.6 Å². The van der Waals surface area contributed by atoms with Crippen molar-refractivity contribution < 1.29 is 14.3 Å². The number of ketones is 1. The van der Waals surface area contributed by atoms with Crippen LogP contribution in [0.2, 0.25) is 0 Å². The summed E-state index contributed by atoms with van der Waals surface area (Å²) in [5, 5.41) is 3.44. The van der Waals surface area contributed by atoms with Gasteiger partial charge in [-0.1, -0.05) is 37.8 Å². The third kappa shape index (κ3) is 7.04. The van der Waals surface area contributed by atoms with Gasteiger partial charge in [-0.3, -0.25) is 9.78 Å². The smallest absolute Gasteiger partial charge is 0.161 e. The van der Waals surface area contributed by atoms with E-state index in [0.29, 0.717) is 19.8 Å². The number of benzene rings is 1. The van der Waals surface area contributed by atoms with Crippen LogP contribution >= 0.6 is 0 Å². The Kier molecular flexibility index (Phi) is 8.76. The Balaban J connectivity index is 1.11. The number of nitrogens with zero attached hydrogens (tertiary/aromatic N) is 1. The van der Waals surface area contributed by atoms with E-state index in [0.717, 1.165) is 42.7 Å². The molecular weight excluding hydrogens is 412 g/mol. The number of carbonyl (C=O) groups is 1. The lowest BCUT2D eigenvalue weighted by Gasteiger charge is -2.20. The highest BCUT2D eigenvalue weighted by atomic mass is 16.6. The fraction of sp³-hybridized carbons (Fsp3) is 0.571. The molecule has 2 aromatic rings. The lowest BCUT2D eigenvalue weighted by Crippen LogP contribution is -2.34. The average Bonchev–Trinajstić information content (AvgIpc) is 2.84. The molecule has 1 aliphatic carbocycles. The first-order valence-corrected chi connectivity index (χ1v) is 12.8. The Hall–Kier alpha value is -2.40. The van der Waals surface area contributed by atoms with Crippen LogP contribution in [0.25, 0.3) is 0 Å². The molecule has 0 spiro atoms. The van der Waals surface area contributed by atoms with Crippen LogP contribution in [0, 0.1) is 0 Å². The van der Waals surface area contributed by atoms with Crippen molar-refractivity contribution in [3.05, 3.63) is 52.8 Å². The lowest BCUT2D eigenvalue weighted by atomic mass is 9.95. The standard InChI is InChI=1S/C28H38N2O3/c1-21(31)25(29-20-22-13-16-27-28(19-22)33-18-17-32-27)11-6-4-2-3-5-10-24-15-14-23-9-7-8-12-26(23)30-24/h13-16,19,25,29H,2-12,17-18,20H2,1H3/t25-/m0/s1. The predicted molar refractivity (Wildman–Crippen MR) is 131 cm³/mol. The highest BCUT2D eigenvalue weighted by Gasteiger charge is 2.15. The van der Waals surface area contributed by atoms with Crippen LogP contribution in [0.4, 0.5) is 0 Å². The first-order chi connectivity index (χ1) is 16.2. The first kappa shape index (κ1) is 23.7. The quantitative estimate of drug-likeness (QED) is 0.441. The van der Waals surface area contributed by atoms with Crippen LogP contribution in [0.15, 0.2) is 30.3 Å². The highest BCUT2D eigenvalue weighted by molar-refractivity contribution is 5.81. The van der Waals surface area contributed by atoms with Crippen LogP contribution in [0.1, 0.15) is 80.8 Å². The second-order valence-corrected chi connectivity index (χ2v) is 9.44.